The van der Waals surface area contributed by atoms with Crippen molar-refractivity contribution < 1.29 is 10.2 Å². The first-order chi connectivity index (χ1) is 9.70. The zero-order valence-corrected chi connectivity index (χ0v) is 12.5. The van der Waals surface area contributed by atoms with Gasteiger partial charge in [0.25, 0.3) is 0 Å². The van der Waals surface area contributed by atoms with Gasteiger partial charge in [-0.2, -0.15) is 0 Å². The molecule has 1 aliphatic rings. The number of nitrogens with one attached hydrogen (secondary N) is 1. The number of rotatable bonds is 6. The zero-order valence-electron chi connectivity index (χ0n) is 11.8. The molecule has 20 heavy (non-hydrogen) atoms. The molecular formula is C16H24ClNO2. The summed E-state index contributed by atoms with van der Waals surface area (Å²) in [6, 6.07) is 7.30. The maximum Gasteiger partial charge on any atom is 0.0914 e. The van der Waals surface area contributed by atoms with Gasteiger partial charge in [-0.15, -0.1) is 0 Å². The topological polar surface area (TPSA) is 52.5 Å². The Labute approximate surface area is 126 Å². The van der Waals surface area contributed by atoms with Gasteiger partial charge >= 0.3 is 0 Å². The van der Waals surface area contributed by atoms with E-state index in [2.05, 4.69) is 5.32 Å². The molecular weight excluding hydrogens is 274 g/mol. The smallest absolute Gasteiger partial charge is 0.0914 e. The first-order valence-corrected chi connectivity index (χ1v) is 7.83. The minimum absolute atomic E-state index is 0.284. The van der Waals surface area contributed by atoms with Crippen molar-refractivity contribution in [1.82, 2.24) is 5.32 Å². The van der Waals surface area contributed by atoms with E-state index in [4.69, 9.17) is 11.6 Å². The average molecular weight is 298 g/mol. The highest BCUT2D eigenvalue weighted by molar-refractivity contribution is 6.30. The molecule has 3 atom stereocenters. The molecule has 0 aliphatic heterocycles. The van der Waals surface area contributed by atoms with E-state index in [9.17, 15) is 10.2 Å². The Kier molecular flexibility index (Phi) is 6.30. The largest absolute Gasteiger partial charge is 0.396 e. The molecule has 0 saturated heterocycles. The van der Waals surface area contributed by atoms with Crippen molar-refractivity contribution in [1.29, 1.82) is 0 Å². The molecule has 3 unspecified atom stereocenters. The Morgan fingerprint density at radius 3 is 2.45 bits per heavy atom. The summed E-state index contributed by atoms with van der Waals surface area (Å²) in [5, 5.41) is 23.5. The zero-order chi connectivity index (χ0) is 14.4. The third-order valence-electron chi connectivity index (χ3n) is 4.30. The van der Waals surface area contributed by atoms with Crippen molar-refractivity contribution in [3.63, 3.8) is 0 Å². The second kappa shape index (κ2) is 7.99. The van der Waals surface area contributed by atoms with Crippen LogP contribution in [0.1, 0.15) is 37.4 Å². The number of benzene rings is 1. The van der Waals surface area contributed by atoms with E-state index in [0.29, 0.717) is 23.4 Å². The predicted octanol–water partition coefficient (Wildman–Crippen LogP) is 2.76. The molecule has 3 nitrogen and oxygen atoms in total. The molecule has 0 amide bonds. The van der Waals surface area contributed by atoms with Gasteiger partial charge in [-0.25, -0.2) is 0 Å². The van der Waals surface area contributed by atoms with Crippen LogP contribution in [-0.4, -0.2) is 29.9 Å². The molecule has 4 heteroatoms. The fraction of sp³-hybridized carbons (Fsp3) is 0.625. The Bertz CT molecular complexity index is 396. The molecule has 0 radical (unpaired) electrons. The number of hydrogen-bond donors (Lipinski definition) is 3. The highest BCUT2D eigenvalue weighted by atomic mass is 35.5. The van der Waals surface area contributed by atoms with Crippen LogP contribution in [0.3, 0.4) is 0 Å². The van der Waals surface area contributed by atoms with E-state index in [1.54, 1.807) is 12.1 Å². The van der Waals surface area contributed by atoms with Gasteiger partial charge in [0.2, 0.25) is 0 Å². The molecule has 1 aromatic rings. The molecule has 0 aromatic heterocycles. The van der Waals surface area contributed by atoms with E-state index >= 15 is 0 Å². The molecule has 2 rings (SSSR count). The molecule has 1 aliphatic carbocycles. The highest BCUT2D eigenvalue weighted by Crippen LogP contribution is 2.29. The van der Waals surface area contributed by atoms with Crippen LogP contribution in [0.5, 0.6) is 0 Å². The Morgan fingerprint density at radius 1 is 1.15 bits per heavy atom. The first-order valence-electron chi connectivity index (χ1n) is 7.46. The normalized spacial score (nSPS) is 24.6. The van der Waals surface area contributed by atoms with Gasteiger partial charge in [0.05, 0.1) is 6.10 Å². The van der Waals surface area contributed by atoms with Crippen LogP contribution in [0.4, 0.5) is 0 Å². The Morgan fingerprint density at radius 2 is 1.80 bits per heavy atom. The van der Waals surface area contributed by atoms with Crippen molar-refractivity contribution >= 4 is 11.6 Å². The van der Waals surface area contributed by atoms with Crippen LogP contribution >= 0.6 is 11.6 Å². The van der Waals surface area contributed by atoms with E-state index < -0.39 is 6.10 Å². The van der Waals surface area contributed by atoms with Crippen molar-refractivity contribution in [2.24, 2.45) is 11.8 Å². The van der Waals surface area contributed by atoms with Crippen molar-refractivity contribution in [2.75, 3.05) is 19.7 Å². The summed E-state index contributed by atoms with van der Waals surface area (Å²) in [7, 11) is 0. The summed E-state index contributed by atoms with van der Waals surface area (Å²) in [5.74, 6) is 0.954. The molecule has 0 bridgehead atoms. The standard InChI is InChI=1S/C16H24ClNO2/c17-15-7-5-12(6-8-15)16(20)10-18-9-13-3-1-2-4-14(13)11-19/h5-8,13-14,16,18-20H,1-4,9-11H2. The number of aliphatic hydroxyl groups excluding tert-OH is 2. The summed E-state index contributed by atoms with van der Waals surface area (Å²) in [6.07, 6.45) is 4.28. The van der Waals surface area contributed by atoms with Crippen LogP contribution in [0.2, 0.25) is 5.02 Å². The number of halogens is 1. The van der Waals surface area contributed by atoms with Gasteiger partial charge in [0.1, 0.15) is 0 Å². The van der Waals surface area contributed by atoms with Crippen molar-refractivity contribution in [3.8, 4) is 0 Å². The monoisotopic (exact) mass is 297 g/mol. The third-order valence-corrected chi connectivity index (χ3v) is 4.55. The fourth-order valence-corrected chi connectivity index (χ4v) is 3.13. The van der Waals surface area contributed by atoms with Crippen LogP contribution in [0, 0.1) is 11.8 Å². The van der Waals surface area contributed by atoms with E-state index in [1.165, 1.54) is 19.3 Å². The predicted molar refractivity (Wildman–Crippen MR) is 81.8 cm³/mol. The summed E-state index contributed by atoms with van der Waals surface area (Å²) in [4.78, 5) is 0. The minimum Gasteiger partial charge on any atom is -0.396 e. The van der Waals surface area contributed by atoms with Gasteiger partial charge in [0, 0.05) is 18.2 Å². The lowest BCUT2D eigenvalue weighted by Gasteiger charge is -2.30. The lowest BCUT2D eigenvalue weighted by Crippen LogP contribution is -2.34. The SMILES string of the molecule is OCC1CCCCC1CNCC(O)c1ccc(Cl)cc1. The maximum absolute atomic E-state index is 10.1. The van der Waals surface area contributed by atoms with Crippen LogP contribution in [-0.2, 0) is 0 Å². The molecule has 1 aromatic carbocycles. The van der Waals surface area contributed by atoms with Crippen molar-refractivity contribution in [3.05, 3.63) is 34.9 Å². The average Bonchev–Trinajstić information content (AvgIpc) is 2.48. The number of hydrogen-bond acceptors (Lipinski definition) is 3. The molecule has 3 N–H and O–H groups in total. The van der Waals surface area contributed by atoms with Gasteiger partial charge in [-0.3, -0.25) is 0 Å². The third kappa shape index (κ3) is 4.45. The molecule has 1 saturated carbocycles. The van der Waals surface area contributed by atoms with Gasteiger partial charge < -0.3 is 15.5 Å². The second-order valence-electron chi connectivity index (χ2n) is 5.71. The molecule has 112 valence electrons. The fourth-order valence-electron chi connectivity index (χ4n) is 3.00. The van der Waals surface area contributed by atoms with Gasteiger partial charge in [-0.05, 0) is 48.9 Å². The first kappa shape index (κ1) is 15.8. The number of aliphatic hydroxyl groups is 2. The van der Waals surface area contributed by atoms with Gasteiger partial charge in [0.15, 0.2) is 0 Å². The molecule has 1 fully saturated rings. The maximum atomic E-state index is 10.1. The lowest BCUT2D eigenvalue weighted by atomic mass is 9.79. The molecule has 0 spiro atoms. The summed E-state index contributed by atoms with van der Waals surface area (Å²) in [6.45, 7) is 1.69. The quantitative estimate of drug-likeness (QED) is 0.757. The summed E-state index contributed by atoms with van der Waals surface area (Å²) < 4.78 is 0. The van der Waals surface area contributed by atoms with Crippen LogP contribution in [0.25, 0.3) is 0 Å². The summed E-state index contributed by atoms with van der Waals surface area (Å²) >= 11 is 5.83. The van der Waals surface area contributed by atoms with Crippen LogP contribution in [0.15, 0.2) is 24.3 Å². The van der Waals surface area contributed by atoms with E-state index in [0.717, 1.165) is 18.5 Å². The lowest BCUT2D eigenvalue weighted by molar-refractivity contribution is 0.125. The van der Waals surface area contributed by atoms with Gasteiger partial charge in [-0.1, -0.05) is 36.6 Å². The highest BCUT2D eigenvalue weighted by Gasteiger charge is 2.24. The second-order valence-corrected chi connectivity index (χ2v) is 6.15. The Balaban J connectivity index is 1.75. The van der Waals surface area contributed by atoms with E-state index in [1.807, 2.05) is 12.1 Å². The Hall–Kier alpha value is -0.610. The van der Waals surface area contributed by atoms with Crippen LogP contribution < -0.4 is 5.32 Å². The minimum atomic E-state index is -0.511. The summed E-state index contributed by atoms with van der Waals surface area (Å²) in [5.41, 5.74) is 0.879. The molecule has 0 heterocycles. The van der Waals surface area contributed by atoms with Crippen molar-refractivity contribution in [2.45, 2.75) is 31.8 Å². The van der Waals surface area contributed by atoms with E-state index in [-0.39, 0.29) is 6.61 Å².